The molecule has 4 heteroatoms. The van der Waals surface area contributed by atoms with Crippen molar-refractivity contribution in [3.63, 3.8) is 0 Å². The highest BCUT2D eigenvalue weighted by Gasteiger charge is 2.18. The van der Waals surface area contributed by atoms with Gasteiger partial charge >= 0.3 is 0 Å². The molecule has 1 N–H and O–H groups in total. The van der Waals surface area contributed by atoms with Gasteiger partial charge in [0, 0.05) is 23.0 Å². The first kappa shape index (κ1) is 14.9. The first-order valence-corrected chi connectivity index (χ1v) is 7.08. The van der Waals surface area contributed by atoms with Crippen LogP contribution in [0.15, 0.2) is 36.5 Å². The van der Waals surface area contributed by atoms with Crippen molar-refractivity contribution in [3.8, 4) is 0 Å². The molecule has 108 valence electrons. The maximum atomic E-state index is 12.6. The van der Waals surface area contributed by atoms with E-state index in [1.54, 1.807) is 12.3 Å². The predicted octanol–water partition coefficient (Wildman–Crippen LogP) is 3.83. The molecule has 0 radical (unpaired) electrons. The third-order valence-corrected chi connectivity index (χ3v) is 3.11. The zero-order chi connectivity index (χ0) is 15.4. The fourth-order valence-electron chi connectivity index (χ4n) is 2.24. The van der Waals surface area contributed by atoms with E-state index in [1.165, 1.54) is 0 Å². The third-order valence-electron chi connectivity index (χ3n) is 3.11. The van der Waals surface area contributed by atoms with Crippen LogP contribution >= 0.6 is 0 Å². The smallest absolute Gasteiger partial charge is 0.213 e. The third kappa shape index (κ3) is 2.84. The first-order valence-electron chi connectivity index (χ1n) is 7.08. The number of nitrogens with zero attached hydrogens (tertiary/aromatic N) is 2. The van der Waals surface area contributed by atoms with Crippen LogP contribution in [0.5, 0.6) is 0 Å². The molecule has 3 rings (SSSR count). The van der Waals surface area contributed by atoms with E-state index in [1.807, 2.05) is 52.0 Å². The summed E-state index contributed by atoms with van der Waals surface area (Å²) in [5.41, 5.74) is 3.51. The largest absolute Gasteiger partial charge is 0.343 e. The van der Waals surface area contributed by atoms with Gasteiger partial charge in [0.05, 0.1) is 5.56 Å². The molecule has 3 aromatic rings. The van der Waals surface area contributed by atoms with Crippen molar-refractivity contribution in [3.05, 3.63) is 59.2 Å². The quantitative estimate of drug-likeness (QED) is 0.726. The second-order valence-electron chi connectivity index (χ2n) is 4.52. The van der Waals surface area contributed by atoms with Crippen LogP contribution in [-0.2, 0) is 0 Å². The molecule has 0 bridgehead atoms. The number of aromatic amines is 1. The number of pyridine rings is 2. The second kappa shape index (κ2) is 6.31. The fraction of sp³-hybridized carbons (Fsp3) is 0.235. The van der Waals surface area contributed by atoms with Crippen LogP contribution < -0.4 is 0 Å². The van der Waals surface area contributed by atoms with E-state index >= 15 is 0 Å². The summed E-state index contributed by atoms with van der Waals surface area (Å²) in [6, 6.07) is 9.19. The van der Waals surface area contributed by atoms with Gasteiger partial charge in [0.25, 0.3) is 0 Å². The molecular formula is C17H19N3O. The zero-order valence-electron chi connectivity index (χ0n) is 12.8. The van der Waals surface area contributed by atoms with Crippen LogP contribution in [-0.4, -0.2) is 20.7 Å². The number of carbonyl (C=O) groups excluding carboxylic acids is 1. The molecule has 3 aromatic heterocycles. The summed E-state index contributed by atoms with van der Waals surface area (Å²) in [5.74, 6) is -0.0690. The molecule has 21 heavy (non-hydrogen) atoms. The van der Waals surface area contributed by atoms with Gasteiger partial charge in [-0.25, -0.2) is 9.97 Å². The number of H-pyrrole nitrogens is 1. The lowest BCUT2D eigenvalue weighted by molar-refractivity contribution is 0.103. The Morgan fingerprint density at radius 3 is 2.57 bits per heavy atom. The molecule has 0 unspecified atom stereocenters. The van der Waals surface area contributed by atoms with E-state index < -0.39 is 0 Å². The van der Waals surface area contributed by atoms with Crippen molar-refractivity contribution in [1.29, 1.82) is 0 Å². The van der Waals surface area contributed by atoms with Crippen molar-refractivity contribution in [2.24, 2.45) is 0 Å². The highest BCUT2D eigenvalue weighted by atomic mass is 16.1. The van der Waals surface area contributed by atoms with Crippen molar-refractivity contribution in [2.45, 2.75) is 27.7 Å². The number of rotatable bonds is 2. The average Bonchev–Trinajstić information content (AvgIpc) is 2.84. The highest BCUT2D eigenvalue weighted by molar-refractivity contribution is 6.16. The first-order chi connectivity index (χ1) is 10.2. The molecule has 0 fully saturated rings. The van der Waals surface area contributed by atoms with Gasteiger partial charge in [0.2, 0.25) is 5.78 Å². The summed E-state index contributed by atoms with van der Waals surface area (Å²) in [6.07, 6.45) is 1.71. The molecule has 0 saturated carbocycles. The van der Waals surface area contributed by atoms with E-state index in [4.69, 9.17) is 0 Å². The Morgan fingerprint density at radius 1 is 1.10 bits per heavy atom. The lowest BCUT2D eigenvalue weighted by atomic mass is 10.0. The maximum absolute atomic E-state index is 12.6. The molecule has 4 nitrogen and oxygen atoms in total. The van der Waals surface area contributed by atoms with Crippen LogP contribution in [0.4, 0.5) is 0 Å². The summed E-state index contributed by atoms with van der Waals surface area (Å²) >= 11 is 0. The number of fused-ring (bicyclic) bond motifs is 1. The Kier molecular flexibility index (Phi) is 4.48. The number of carbonyl (C=O) groups is 1. The zero-order valence-corrected chi connectivity index (χ0v) is 12.8. The number of aryl methyl sites for hydroxylation is 2. The van der Waals surface area contributed by atoms with Gasteiger partial charge in [0.1, 0.15) is 11.3 Å². The van der Waals surface area contributed by atoms with Gasteiger partial charge < -0.3 is 4.98 Å². The summed E-state index contributed by atoms with van der Waals surface area (Å²) in [7, 11) is 0. The Bertz CT molecular complexity index is 775. The Labute approximate surface area is 124 Å². The topological polar surface area (TPSA) is 58.6 Å². The molecule has 0 aliphatic heterocycles. The predicted molar refractivity (Wildman–Crippen MR) is 84.6 cm³/mol. The van der Waals surface area contributed by atoms with Crippen LogP contribution in [0, 0.1) is 13.8 Å². The van der Waals surface area contributed by atoms with Crippen molar-refractivity contribution in [1.82, 2.24) is 15.0 Å². The van der Waals surface area contributed by atoms with Gasteiger partial charge in [-0.3, -0.25) is 4.79 Å². The molecule has 0 spiro atoms. The Balaban J connectivity index is 0.000000774. The lowest BCUT2D eigenvalue weighted by Gasteiger charge is -2.01. The standard InChI is InChI=1S/C15H13N3O.C2H6/c1-9-5-3-7-12(17-9)14(19)13-10(2)18-15-11(13)6-4-8-16-15;1-2/h3-8H,1-2H3,(H,16,18);1-2H3. The lowest BCUT2D eigenvalue weighted by Crippen LogP contribution is -2.05. The summed E-state index contributed by atoms with van der Waals surface area (Å²) in [5, 5.41) is 0.841. The molecule has 0 aliphatic rings. The van der Waals surface area contributed by atoms with Gasteiger partial charge in [-0.2, -0.15) is 0 Å². The van der Waals surface area contributed by atoms with Crippen LogP contribution in [0.25, 0.3) is 11.0 Å². The summed E-state index contributed by atoms with van der Waals surface area (Å²) in [4.78, 5) is 24.2. The molecule has 0 saturated heterocycles. The Morgan fingerprint density at radius 2 is 1.86 bits per heavy atom. The minimum atomic E-state index is -0.0690. The molecule has 0 aliphatic carbocycles. The monoisotopic (exact) mass is 281 g/mol. The average molecular weight is 281 g/mol. The van der Waals surface area contributed by atoms with Gasteiger partial charge in [0.15, 0.2) is 0 Å². The number of ketones is 1. The van der Waals surface area contributed by atoms with E-state index in [-0.39, 0.29) is 5.78 Å². The minimum Gasteiger partial charge on any atom is -0.343 e. The van der Waals surface area contributed by atoms with Crippen LogP contribution in [0.3, 0.4) is 0 Å². The second-order valence-corrected chi connectivity index (χ2v) is 4.52. The number of aromatic nitrogens is 3. The Hall–Kier alpha value is -2.49. The van der Waals surface area contributed by atoms with Crippen molar-refractivity contribution in [2.75, 3.05) is 0 Å². The summed E-state index contributed by atoms with van der Waals surface area (Å²) < 4.78 is 0. The number of nitrogens with one attached hydrogen (secondary N) is 1. The van der Waals surface area contributed by atoms with Crippen molar-refractivity contribution < 1.29 is 4.79 Å². The maximum Gasteiger partial charge on any atom is 0.213 e. The van der Waals surface area contributed by atoms with Crippen molar-refractivity contribution >= 4 is 16.8 Å². The SMILES string of the molecule is CC.Cc1cccc(C(=O)c2c(C)[nH]c3ncccc23)n1. The van der Waals surface area contributed by atoms with Crippen LogP contribution in [0.2, 0.25) is 0 Å². The molecule has 0 aromatic carbocycles. The van der Waals surface area contributed by atoms with E-state index in [9.17, 15) is 4.79 Å². The number of hydrogen-bond acceptors (Lipinski definition) is 3. The fourth-order valence-corrected chi connectivity index (χ4v) is 2.24. The molecule has 0 amide bonds. The van der Waals surface area contributed by atoms with Gasteiger partial charge in [-0.15, -0.1) is 0 Å². The van der Waals surface area contributed by atoms with Gasteiger partial charge in [-0.05, 0) is 38.1 Å². The van der Waals surface area contributed by atoms with Gasteiger partial charge in [-0.1, -0.05) is 19.9 Å². The van der Waals surface area contributed by atoms with E-state index in [2.05, 4.69) is 15.0 Å². The number of hydrogen-bond donors (Lipinski definition) is 1. The van der Waals surface area contributed by atoms with E-state index in [0.29, 0.717) is 11.3 Å². The van der Waals surface area contributed by atoms with Crippen LogP contribution in [0.1, 0.15) is 41.3 Å². The van der Waals surface area contributed by atoms with E-state index in [0.717, 1.165) is 22.4 Å². The molecular weight excluding hydrogens is 262 g/mol. The molecule has 0 atom stereocenters. The minimum absolute atomic E-state index is 0.0690. The normalized spacial score (nSPS) is 10.1. The highest BCUT2D eigenvalue weighted by Crippen LogP contribution is 2.22. The summed E-state index contributed by atoms with van der Waals surface area (Å²) in [6.45, 7) is 7.76. The molecule has 3 heterocycles.